The summed E-state index contributed by atoms with van der Waals surface area (Å²) in [6.07, 6.45) is 5.04. The molecule has 7 heteroatoms. The van der Waals surface area contributed by atoms with Crippen LogP contribution in [0.1, 0.15) is 77.0 Å². The van der Waals surface area contributed by atoms with Gasteiger partial charge < -0.3 is 18.2 Å². The fourth-order valence-electron chi connectivity index (χ4n) is 3.53. The Hall–Kier alpha value is -1.36. The third-order valence-electron chi connectivity index (χ3n) is 4.57. The standard InChI is InChI=1S/C21H33O6P/c1-7-24-18(22)14-17(28(23,25-8-2)26-9-3)19-15-12-10-11-13-16(15)20(27-19)21(4,5)6/h14H,7-13H2,1-6H3. The minimum Gasteiger partial charge on any atom is -0.463 e. The van der Waals surface area contributed by atoms with Crippen molar-refractivity contribution >= 4 is 18.9 Å². The summed E-state index contributed by atoms with van der Waals surface area (Å²) in [5.74, 6) is 0.722. The van der Waals surface area contributed by atoms with E-state index >= 15 is 0 Å². The third-order valence-corrected chi connectivity index (χ3v) is 6.69. The van der Waals surface area contributed by atoms with Crippen LogP contribution in [0.5, 0.6) is 0 Å². The molecule has 0 aromatic carbocycles. The van der Waals surface area contributed by atoms with Crippen LogP contribution in [0.25, 0.3) is 5.31 Å². The fourth-order valence-corrected chi connectivity index (χ4v) is 5.25. The minimum atomic E-state index is -3.75. The molecule has 0 saturated carbocycles. The molecule has 0 saturated heterocycles. The summed E-state index contributed by atoms with van der Waals surface area (Å²) in [5.41, 5.74) is 1.95. The van der Waals surface area contributed by atoms with Crippen molar-refractivity contribution in [1.29, 1.82) is 0 Å². The van der Waals surface area contributed by atoms with Gasteiger partial charge in [0.05, 0.1) is 19.8 Å². The molecule has 1 aliphatic rings. The molecule has 0 unspecified atom stereocenters. The molecule has 0 amide bonds. The number of furan rings is 1. The lowest BCUT2D eigenvalue weighted by Crippen LogP contribution is -2.14. The maximum absolute atomic E-state index is 13.6. The first kappa shape index (κ1) is 22.9. The number of hydrogen-bond acceptors (Lipinski definition) is 6. The number of fused-ring (bicyclic) bond motifs is 1. The van der Waals surface area contributed by atoms with Gasteiger partial charge in [-0.3, -0.25) is 4.57 Å². The zero-order valence-electron chi connectivity index (χ0n) is 17.9. The van der Waals surface area contributed by atoms with Crippen molar-refractivity contribution in [2.45, 2.75) is 72.6 Å². The molecule has 0 fully saturated rings. The molecule has 0 radical (unpaired) electrons. The first-order valence-corrected chi connectivity index (χ1v) is 11.7. The molecule has 0 spiro atoms. The van der Waals surface area contributed by atoms with Crippen LogP contribution in [0.4, 0.5) is 0 Å². The van der Waals surface area contributed by atoms with E-state index in [9.17, 15) is 9.36 Å². The van der Waals surface area contributed by atoms with Crippen LogP contribution >= 0.6 is 7.60 Å². The highest BCUT2D eigenvalue weighted by Crippen LogP contribution is 2.62. The molecule has 0 bridgehead atoms. The molecule has 0 atom stereocenters. The Bertz CT molecular complexity index is 759. The normalized spacial score (nSPS) is 15.4. The molecule has 6 nitrogen and oxygen atoms in total. The summed E-state index contributed by atoms with van der Waals surface area (Å²) in [4.78, 5) is 12.3. The topological polar surface area (TPSA) is 75.0 Å². The van der Waals surface area contributed by atoms with Crippen LogP contribution in [0.3, 0.4) is 0 Å². The molecule has 28 heavy (non-hydrogen) atoms. The summed E-state index contributed by atoms with van der Waals surface area (Å²) in [5, 5.41) is 0.156. The molecule has 0 aliphatic heterocycles. The monoisotopic (exact) mass is 412 g/mol. The average Bonchev–Trinajstić information content (AvgIpc) is 3.00. The predicted octanol–water partition coefficient (Wildman–Crippen LogP) is 5.63. The third kappa shape index (κ3) is 4.97. The lowest BCUT2D eigenvalue weighted by Gasteiger charge is -2.20. The lowest BCUT2D eigenvalue weighted by molar-refractivity contribution is -0.137. The molecule has 1 aliphatic carbocycles. The van der Waals surface area contributed by atoms with E-state index < -0.39 is 13.6 Å². The Labute approximate surface area is 168 Å². The highest BCUT2D eigenvalue weighted by Gasteiger charge is 2.39. The summed E-state index contributed by atoms with van der Waals surface area (Å²) >= 11 is 0. The van der Waals surface area contributed by atoms with Gasteiger partial charge in [-0.1, -0.05) is 20.8 Å². The molecule has 1 heterocycles. The van der Waals surface area contributed by atoms with E-state index in [-0.39, 0.29) is 30.5 Å². The van der Waals surface area contributed by atoms with Gasteiger partial charge in [-0.15, -0.1) is 0 Å². The van der Waals surface area contributed by atoms with Gasteiger partial charge in [0.2, 0.25) is 0 Å². The highest BCUT2D eigenvalue weighted by molar-refractivity contribution is 7.65. The lowest BCUT2D eigenvalue weighted by atomic mass is 9.84. The van der Waals surface area contributed by atoms with E-state index in [1.807, 2.05) is 0 Å². The second kappa shape index (κ2) is 9.43. The largest absolute Gasteiger partial charge is 0.463 e. The molecule has 1 aromatic rings. The summed E-state index contributed by atoms with van der Waals surface area (Å²) in [6.45, 7) is 12.1. The number of carbonyl (C=O) groups is 1. The van der Waals surface area contributed by atoms with Crippen LogP contribution in [0.2, 0.25) is 0 Å². The van der Waals surface area contributed by atoms with Crippen molar-refractivity contribution in [2.24, 2.45) is 0 Å². The summed E-state index contributed by atoms with van der Waals surface area (Å²) in [7, 11) is -3.75. The van der Waals surface area contributed by atoms with Crippen molar-refractivity contribution in [1.82, 2.24) is 0 Å². The van der Waals surface area contributed by atoms with Crippen LogP contribution in [0.15, 0.2) is 10.5 Å². The second-order valence-corrected chi connectivity index (χ2v) is 9.78. The Kier molecular flexibility index (Phi) is 7.72. The van der Waals surface area contributed by atoms with Gasteiger partial charge in [-0.25, -0.2) is 4.79 Å². The van der Waals surface area contributed by atoms with Crippen LogP contribution < -0.4 is 0 Å². The van der Waals surface area contributed by atoms with Gasteiger partial charge in [-0.2, -0.15) is 0 Å². The summed E-state index contributed by atoms with van der Waals surface area (Å²) in [6, 6.07) is 0. The Morgan fingerprint density at radius 2 is 1.61 bits per heavy atom. The van der Waals surface area contributed by atoms with Crippen LogP contribution in [0, 0.1) is 0 Å². The Morgan fingerprint density at radius 1 is 1.04 bits per heavy atom. The molecule has 2 rings (SSSR count). The summed E-state index contributed by atoms with van der Waals surface area (Å²) < 4.78 is 36.1. The first-order chi connectivity index (χ1) is 13.2. The van der Waals surface area contributed by atoms with Gasteiger partial charge in [0.25, 0.3) is 0 Å². The van der Waals surface area contributed by atoms with E-state index in [1.54, 1.807) is 20.8 Å². The van der Waals surface area contributed by atoms with Crippen LogP contribution in [-0.4, -0.2) is 25.8 Å². The van der Waals surface area contributed by atoms with Crippen molar-refractivity contribution < 1.29 is 27.6 Å². The number of ether oxygens (including phenoxy) is 1. The van der Waals surface area contributed by atoms with Gasteiger partial charge in [-0.05, 0) is 52.0 Å². The van der Waals surface area contributed by atoms with Gasteiger partial charge in [0.1, 0.15) is 16.8 Å². The van der Waals surface area contributed by atoms with E-state index in [1.165, 1.54) is 6.08 Å². The van der Waals surface area contributed by atoms with E-state index in [2.05, 4.69) is 20.8 Å². The number of esters is 1. The maximum Gasteiger partial charge on any atom is 0.365 e. The van der Waals surface area contributed by atoms with Crippen molar-refractivity contribution in [3.63, 3.8) is 0 Å². The maximum atomic E-state index is 13.6. The molecule has 0 N–H and O–H groups in total. The van der Waals surface area contributed by atoms with Crippen molar-refractivity contribution in [2.75, 3.05) is 19.8 Å². The molecule has 1 aromatic heterocycles. The number of hydrogen-bond donors (Lipinski definition) is 0. The Balaban J connectivity index is 2.72. The number of carbonyl (C=O) groups excluding carboxylic acids is 1. The van der Waals surface area contributed by atoms with Gasteiger partial charge >= 0.3 is 13.6 Å². The Morgan fingerprint density at radius 3 is 2.11 bits per heavy atom. The molecular formula is C21H33O6P. The number of rotatable bonds is 8. The highest BCUT2D eigenvalue weighted by atomic mass is 31.2. The van der Waals surface area contributed by atoms with Gasteiger partial charge in [0, 0.05) is 17.1 Å². The van der Waals surface area contributed by atoms with Gasteiger partial charge in [0.15, 0.2) is 0 Å². The quantitative estimate of drug-likeness (QED) is 0.313. The zero-order valence-corrected chi connectivity index (χ0v) is 18.8. The zero-order chi connectivity index (χ0) is 20.9. The SMILES string of the molecule is CCOC(=O)C=C(c1oc(C(C)(C)C)c2c1CCCC2)P(=O)(OCC)OCC. The molecular weight excluding hydrogens is 379 g/mol. The predicted molar refractivity (Wildman–Crippen MR) is 110 cm³/mol. The molecule has 158 valence electrons. The van der Waals surface area contributed by atoms with E-state index in [0.29, 0.717) is 5.76 Å². The van der Waals surface area contributed by atoms with Crippen molar-refractivity contribution in [3.8, 4) is 0 Å². The first-order valence-electron chi connectivity index (χ1n) is 10.1. The average molecular weight is 412 g/mol. The van der Waals surface area contributed by atoms with E-state index in [0.717, 1.165) is 42.6 Å². The second-order valence-electron chi connectivity index (χ2n) is 7.79. The minimum absolute atomic E-state index is 0.156. The fraction of sp³-hybridized carbons (Fsp3) is 0.667. The van der Waals surface area contributed by atoms with E-state index in [4.69, 9.17) is 18.2 Å². The van der Waals surface area contributed by atoms with Crippen molar-refractivity contribution in [3.05, 3.63) is 28.7 Å². The smallest absolute Gasteiger partial charge is 0.365 e. The van der Waals surface area contributed by atoms with Crippen LogP contribution in [-0.2, 0) is 41.4 Å².